The fourth-order valence-corrected chi connectivity index (χ4v) is 2.07. The van der Waals surface area contributed by atoms with Gasteiger partial charge in [-0.3, -0.25) is 4.79 Å². The molecule has 1 heterocycles. The number of carbonyl (C=O) groups is 1. The largest absolute Gasteiger partial charge is 0.385 e. The lowest BCUT2D eigenvalue weighted by Gasteiger charge is -2.28. The van der Waals surface area contributed by atoms with Crippen LogP contribution in [0.5, 0.6) is 0 Å². The molecule has 0 spiro atoms. The molecule has 1 atom stereocenters. The molecule has 1 amide bonds. The van der Waals surface area contributed by atoms with Crippen molar-refractivity contribution >= 4 is 5.91 Å². The lowest BCUT2D eigenvalue weighted by atomic mass is 10.0. The minimum Gasteiger partial charge on any atom is -0.385 e. The summed E-state index contributed by atoms with van der Waals surface area (Å²) in [7, 11) is 3.56. The lowest BCUT2D eigenvalue weighted by molar-refractivity contribution is -0.130. The Morgan fingerprint density at radius 2 is 2.31 bits per heavy atom. The number of amides is 1. The van der Waals surface area contributed by atoms with E-state index in [1.165, 1.54) is 19.3 Å². The van der Waals surface area contributed by atoms with Crippen molar-refractivity contribution in [2.45, 2.75) is 38.1 Å². The van der Waals surface area contributed by atoms with Gasteiger partial charge in [-0.15, -0.1) is 0 Å². The summed E-state index contributed by atoms with van der Waals surface area (Å²) in [4.78, 5) is 13.6. The Balaban J connectivity index is 2.16. The number of hydrogen-bond donors (Lipinski definition) is 1. The molecule has 0 aliphatic carbocycles. The van der Waals surface area contributed by atoms with Crippen molar-refractivity contribution in [3.8, 4) is 0 Å². The number of hydrogen-bond acceptors (Lipinski definition) is 3. The Morgan fingerprint density at radius 3 is 2.94 bits per heavy atom. The van der Waals surface area contributed by atoms with Gasteiger partial charge in [-0.25, -0.2) is 0 Å². The van der Waals surface area contributed by atoms with Crippen LogP contribution in [0.1, 0.15) is 32.1 Å². The molecule has 1 unspecified atom stereocenters. The van der Waals surface area contributed by atoms with Crippen LogP contribution < -0.4 is 5.32 Å². The quantitative estimate of drug-likeness (QED) is 0.690. The topological polar surface area (TPSA) is 41.6 Å². The fourth-order valence-electron chi connectivity index (χ4n) is 2.07. The third-order valence-corrected chi connectivity index (χ3v) is 3.07. The maximum Gasteiger partial charge on any atom is 0.222 e. The van der Waals surface area contributed by atoms with Gasteiger partial charge in [0.05, 0.1) is 0 Å². The zero-order chi connectivity index (χ0) is 11.8. The summed E-state index contributed by atoms with van der Waals surface area (Å²) in [5, 5.41) is 3.45. The number of carbonyl (C=O) groups excluding carboxylic acids is 1. The van der Waals surface area contributed by atoms with E-state index in [4.69, 9.17) is 4.74 Å². The van der Waals surface area contributed by atoms with E-state index >= 15 is 0 Å². The number of likely N-dealkylation sites (N-methyl/N-ethyl adjacent to an activating group) is 1. The van der Waals surface area contributed by atoms with Crippen LogP contribution in [-0.2, 0) is 9.53 Å². The normalized spacial score (nSPS) is 20.8. The smallest absolute Gasteiger partial charge is 0.222 e. The molecule has 1 saturated heterocycles. The van der Waals surface area contributed by atoms with Crippen molar-refractivity contribution in [1.82, 2.24) is 10.2 Å². The number of nitrogens with one attached hydrogen (secondary N) is 1. The Bertz CT molecular complexity index is 203. The molecule has 94 valence electrons. The van der Waals surface area contributed by atoms with Gasteiger partial charge >= 0.3 is 0 Å². The van der Waals surface area contributed by atoms with Gasteiger partial charge in [0.2, 0.25) is 5.91 Å². The van der Waals surface area contributed by atoms with Crippen LogP contribution in [-0.4, -0.2) is 50.7 Å². The van der Waals surface area contributed by atoms with Gasteiger partial charge < -0.3 is 15.0 Å². The van der Waals surface area contributed by atoms with E-state index in [-0.39, 0.29) is 5.91 Å². The number of ether oxygens (including phenoxy) is 1. The number of rotatable bonds is 6. The summed E-state index contributed by atoms with van der Waals surface area (Å²) < 4.78 is 4.94. The van der Waals surface area contributed by atoms with Gasteiger partial charge in [-0.1, -0.05) is 6.42 Å². The van der Waals surface area contributed by atoms with Gasteiger partial charge in [0.25, 0.3) is 0 Å². The third kappa shape index (κ3) is 4.94. The predicted molar refractivity (Wildman–Crippen MR) is 64.4 cm³/mol. The molecule has 1 N–H and O–H groups in total. The Kier molecular flexibility index (Phi) is 6.42. The van der Waals surface area contributed by atoms with Crippen LogP contribution in [0.2, 0.25) is 0 Å². The van der Waals surface area contributed by atoms with E-state index in [1.54, 1.807) is 7.11 Å². The number of nitrogens with zero attached hydrogens (tertiary/aromatic N) is 1. The molecule has 4 nitrogen and oxygen atoms in total. The summed E-state index contributed by atoms with van der Waals surface area (Å²) in [5.41, 5.74) is 0. The van der Waals surface area contributed by atoms with Crippen LogP contribution in [0.15, 0.2) is 0 Å². The molecule has 0 saturated carbocycles. The van der Waals surface area contributed by atoms with Crippen LogP contribution in [0.4, 0.5) is 0 Å². The molecule has 0 aromatic carbocycles. The zero-order valence-electron chi connectivity index (χ0n) is 10.5. The van der Waals surface area contributed by atoms with Gasteiger partial charge in [-0.05, 0) is 25.8 Å². The monoisotopic (exact) mass is 228 g/mol. The van der Waals surface area contributed by atoms with Gasteiger partial charge in [-0.2, -0.15) is 0 Å². The summed E-state index contributed by atoms with van der Waals surface area (Å²) in [5.74, 6) is 0.226. The first-order valence-corrected chi connectivity index (χ1v) is 6.20. The average Bonchev–Trinajstić information content (AvgIpc) is 2.30. The standard InChI is InChI=1S/C12H24N2O2/c1-14(12(15)7-5-9-16-2)10-11-6-3-4-8-13-11/h11,13H,3-10H2,1-2H3. The first-order chi connectivity index (χ1) is 7.74. The van der Waals surface area contributed by atoms with Crippen LogP contribution in [0.25, 0.3) is 0 Å². The second kappa shape index (κ2) is 7.63. The summed E-state index contributed by atoms with van der Waals surface area (Å²) in [6, 6.07) is 0.491. The molecule has 4 heteroatoms. The van der Waals surface area contributed by atoms with Crippen LogP contribution in [0, 0.1) is 0 Å². The molecule has 1 rings (SSSR count). The van der Waals surface area contributed by atoms with Crippen molar-refractivity contribution in [1.29, 1.82) is 0 Å². The molecular formula is C12H24N2O2. The highest BCUT2D eigenvalue weighted by atomic mass is 16.5. The minimum absolute atomic E-state index is 0.226. The molecule has 1 aliphatic rings. The highest BCUT2D eigenvalue weighted by molar-refractivity contribution is 5.75. The average molecular weight is 228 g/mol. The van der Waals surface area contributed by atoms with Crippen molar-refractivity contribution in [2.75, 3.05) is 33.9 Å². The minimum atomic E-state index is 0.226. The Labute approximate surface area is 98.3 Å². The van der Waals surface area contributed by atoms with Gasteiger partial charge in [0.15, 0.2) is 0 Å². The summed E-state index contributed by atoms with van der Waals surface area (Å²) in [6.45, 7) is 2.60. The number of piperidine rings is 1. The first kappa shape index (κ1) is 13.5. The van der Waals surface area contributed by atoms with Crippen LogP contribution >= 0.6 is 0 Å². The lowest BCUT2D eigenvalue weighted by Crippen LogP contribution is -2.44. The van der Waals surface area contributed by atoms with Crippen LogP contribution in [0.3, 0.4) is 0 Å². The van der Waals surface area contributed by atoms with E-state index in [0.717, 1.165) is 19.5 Å². The fraction of sp³-hybridized carbons (Fsp3) is 0.917. The maximum atomic E-state index is 11.7. The second-order valence-corrected chi connectivity index (χ2v) is 4.52. The first-order valence-electron chi connectivity index (χ1n) is 6.20. The molecular weight excluding hydrogens is 204 g/mol. The van der Waals surface area contributed by atoms with Crippen molar-refractivity contribution in [3.63, 3.8) is 0 Å². The highest BCUT2D eigenvalue weighted by Crippen LogP contribution is 2.08. The molecule has 1 aliphatic heterocycles. The molecule has 16 heavy (non-hydrogen) atoms. The zero-order valence-corrected chi connectivity index (χ0v) is 10.5. The maximum absolute atomic E-state index is 11.7. The Hall–Kier alpha value is -0.610. The predicted octanol–water partition coefficient (Wildman–Crippen LogP) is 1.01. The van der Waals surface area contributed by atoms with E-state index in [0.29, 0.717) is 19.1 Å². The second-order valence-electron chi connectivity index (χ2n) is 4.52. The third-order valence-electron chi connectivity index (χ3n) is 3.07. The van der Waals surface area contributed by atoms with Gasteiger partial charge in [0, 0.05) is 39.8 Å². The van der Waals surface area contributed by atoms with Gasteiger partial charge in [0.1, 0.15) is 0 Å². The van der Waals surface area contributed by atoms with E-state index in [1.807, 2.05) is 11.9 Å². The summed E-state index contributed by atoms with van der Waals surface area (Å²) in [6.07, 6.45) is 5.15. The molecule has 0 radical (unpaired) electrons. The molecule has 0 aromatic heterocycles. The highest BCUT2D eigenvalue weighted by Gasteiger charge is 2.17. The summed E-state index contributed by atoms with van der Waals surface area (Å²) >= 11 is 0. The van der Waals surface area contributed by atoms with Crippen molar-refractivity contribution < 1.29 is 9.53 Å². The van der Waals surface area contributed by atoms with Crippen molar-refractivity contribution in [3.05, 3.63) is 0 Å². The SMILES string of the molecule is COCCCC(=O)N(C)CC1CCCCN1. The number of methoxy groups -OCH3 is 1. The molecule has 0 bridgehead atoms. The molecule has 0 aromatic rings. The molecule has 1 fully saturated rings. The Morgan fingerprint density at radius 1 is 1.50 bits per heavy atom. The van der Waals surface area contributed by atoms with E-state index < -0.39 is 0 Å². The van der Waals surface area contributed by atoms with E-state index in [2.05, 4.69) is 5.32 Å². The van der Waals surface area contributed by atoms with Crippen molar-refractivity contribution in [2.24, 2.45) is 0 Å². The van der Waals surface area contributed by atoms with E-state index in [9.17, 15) is 4.79 Å².